The Labute approximate surface area is 202 Å². The summed E-state index contributed by atoms with van der Waals surface area (Å²) in [6.45, 7) is 0.457. The van der Waals surface area contributed by atoms with E-state index in [-0.39, 0.29) is 11.7 Å². The molecule has 7 nitrogen and oxygen atoms in total. The molecule has 2 aromatic heterocycles. The Balaban J connectivity index is 1.39. The first-order valence-corrected chi connectivity index (χ1v) is 12.8. The van der Waals surface area contributed by atoms with Gasteiger partial charge in [0.25, 0.3) is 5.91 Å². The van der Waals surface area contributed by atoms with Crippen LogP contribution in [0.2, 0.25) is 5.02 Å². The minimum Gasteiger partial charge on any atom is -0.322 e. The zero-order valence-corrected chi connectivity index (χ0v) is 19.7. The van der Waals surface area contributed by atoms with Crippen molar-refractivity contribution in [2.75, 3.05) is 21.9 Å². The van der Waals surface area contributed by atoms with E-state index < -0.39 is 10.0 Å². The van der Waals surface area contributed by atoms with E-state index in [2.05, 4.69) is 15.3 Å². The van der Waals surface area contributed by atoms with Crippen LogP contribution in [0.4, 0.5) is 11.4 Å². The molecule has 1 N–H and O–H groups in total. The van der Waals surface area contributed by atoms with Crippen LogP contribution in [0.1, 0.15) is 23.2 Å². The maximum absolute atomic E-state index is 12.9. The number of hydrogen-bond donors (Lipinski definition) is 1. The lowest BCUT2D eigenvalue weighted by Crippen LogP contribution is -2.37. The number of fused-ring (bicyclic) bond motifs is 1. The normalized spacial score (nSPS) is 15.3. The third kappa shape index (κ3) is 4.34. The molecule has 0 spiro atoms. The fourth-order valence-corrected chi connectivity index (χ4v) is 5.91. The largest absolute Gasteiger partial charge is 0.322 e. The SMILES string of the molecule is O=C(Nc1ccc(Cl)c(-c2nccc3ncccc23)c1)c1ccc(N2CCCCS2(=O)=O)cc1. The average Bonchev–Trinajstić information content (AvgIpc) is 2.85. The molecular weight excluding hydrogens is 472 g/mol. The molecule has 0 unspecified atom stereocenters. The van der Waals surface area contributed by atoms with E-state index >= 15 is 0 Å². The molecule has 1 fully saturated rings. The number of carbonyl (C=O) groups excluding carboxylic acids is 1. The lowest BCUT2D eigenvalue weighted by Gasteiger charge is -2.28. The summed E-state index contributed by atoms with van der Waals surface area (Å²) in [5.74, 6) is -0.163. The molecule has 3 heterocycles. The maximum atomic E-state index is 12.9. The summed E-state index contributed by atoms with van der Waals surface area (Å²) in [4.78, 5) is 21.7. The summed E-state index contributed by atoms with van der Waals surface area (Å²) >= 11 is 6.47. The third-order valence-corrected chi connectivity index (χ3v) is 7.97. The molecule has 9 heteroatoms. The molecule has 0 radical (unpaired) electrons. The second kappa shape index (κ2) is 9.04. The molecule has 4 aromatic rings. The number of halogens is 1. The number of sulfonamides is 1. The predicted molar refractivity (Wildman–Crippen MR) is 135 cm³/mol. The van der Waals surface area contributed by atoms with Crippen LogP contribution >= 0.6 is 11.6 Å². The van der Waals surface area contributed by atoms with Gasteiger partial charge in [-0.2, -0.15) is 0 Å². The first-order valence-electron chi connectivity index (χ1n) is 10.8. The second-order valence-corrected chi connectivity index (χ2v) is 10.4. The third-order valence-electron chi connectivity index (χ3n) is 5.78. The standard InChI is InChI=1S/C25H21ClN4O3S/c26-22-10-7-18(16-21(22)24-20-4-3-12-27-23(20)11-13-28-24)29-25(31)17-5-8-19(9-6-17)30-14-1-2-15-34(30,32)33/h3-13,16H,1-2,14-15H2,(H,29,31). The highest BCUT2D eigenvalue weighted by Crippen LogP contribution is 2.33. The van der Waals surface area contributed by atoms with Crippen LogP contribution in [0.15, 0.2) is 73.1 Å². The predicted octanol–water partition coefficient (Wildman–Crippen LogP) is 5.13. The summed E-state index contributed by atoms with van der Waals surface area (Å²) in [6, 6.07) is 17.4. The molecule has 1 aliphatic rings. The van der Waals surface area contributed by atoms with Gasteiger partial charge in [0.2, 0.25) is 10.0 Å². The second-order valence-electron chi connectivity index (χ2n) is 8.02. The first-order chi connectivity index (χ1) is 16.4. The topological polar surface area (TPSA) is 92.3 Å². The van der Waals surface area contributed by atoms with Gasteiger partial charge in [-0.1, -0.05) is 11.6 Å². The van der Waals surface area contributed by atoms with Crippen LogP contribution in [-0.2, 0) is 10.0 Å². The van der Waals surface area contributed by atoms with E-state index in [9.17, 15) is 13.2 Å². The van der Waals surface area contributed by atoms with Crippen molar-refractivity contribution in [3.63, 3.8) is 0 Å². The number of anilines is 2. The molecule has 1 amide bonds. The van der Waals surface area contributed by atoms with Gasteiger partial charge in [0.05, 0.1) is 27.7 Å². The lowest BCUT2D eigenvalue weighted by atomic mass is 10.1. The first kappa shape index (κ1) is 22.3. The summed E-state index contributed by atoms with van der Waals surface area (Å²) in [5, 5.41) is 4.25. The molecule has 0 atom stereocenters. The van der Waals surface area contributed by atoms with Gasteiger partial charge in [0.15, 0.2) is 0 Å². The molecule has 5 rings (SSSR count). The number of nitrogens with one attached hydrogen (secondary N) is 1. The Morgan fingerprint density at radius 1 is 0.971 bits per heavy atom. The number of nitrogens with zero attached hydrogens (tertiary/aromatic N) is 3. The highest BCUT2D eigenvalue weighted by atomic mass is 35.5. The molecule has 1 saturated heterocycles. The van der Waals surface area contributed by atoms with Crippen LogP contribution in [0.25, 0.3) is 22.2 Å². The van der Waals surface area contributed by atoms with Gasteiger partial charge in [-0.15, -0.1) is 0 Å². The Morgan fingerprint density at radius 3 is 2.59 bits per heavy atom. The van der Waals surface area contributed by atoms with Gasteiger partial charge < -0.3 is 5.32 Å². The summed E-state index contributed by atoms with van der Waals surface area (Å²) in [6.07, 6.45) is 4.89. The Morgan fingerprint density at radius 2 is 1.79 bits per heavy atom. The molecule has 34 heavy (non-hydrogen) atoms. The maximum Gasteiger partial charge on any atom is 0.255 e. The minimum absolute atomic E-state index is 0.149. The van der Waals surface area contributed by atoms with Crippen LogP contribution in [0.3, 0.4) is 0 Å². The van der Waals surface area contributed by atoms with Crippen molar-refractivity contribution in [3.8, 4) is 11.3 Å². The number of aromatic nitrogens is 2. The number of rotatable bonds is 4. The molecule has 0 saturated carbocycles. The van der Waals surface area contributed by atoms with Gasteiger partial charge in [-0.25, -0.2) is 8.42 Å². The zero-order chi connectivity index (χ0) is 23.7. The van der Waals surface area contributed by atoms with Gasteiger partial charge in [0.1, 0.15) is 0 Å². The van der Waals surface area contributed by atoms with Crippen molar-refractivity contribution in [2.45, 2.75) is 12.8 Å². The van der Waals surface area contributed by atoms with E-state index in [1.165, 1.54) is 4.31 Å². The van der Waals surface area contributed by atoms with E-state index in [0.29, 0.717) is 46.2 Å². The fraction of sp³-hybridized carbons (Fsp3) is 0.160. The highest BCUT2D eigenvalue weighted by molar-refractivity contribution is 7.92. The number of amides is 1. The van der Waals surface area contributed by atoms with E-state index in [0.717, 1.165) is 17.3 Å². The Bertz CT molecular complexity index is 1480. The van der Waals surface area contributed by atoms with Crippen LogP contribution < -0.4 is 9.62 Å². The number of hydrogen-bond acceptors (Lipinski definition) is 5. The Hall–Kier alpha value is -3.49. The molecule has 0 aliphatic carbocycles. The van der Waals surface area contributed by atoms with Crippen molar-refractivity contribution in [1.29, 1.82) is 0 Å². The van der Waals surface area contributed by atoms with Gasteiger partial charge >= 0.3 is 0 Å². The number of benzene rings is 2. The van der Waals surface area contributed by atoms with Crippen LogP contribution in [0, 0.1) is 0 Å². The monoisotopic (exact) mass is 492 g/mol. The molecule has 1 aliphatic heterocycles. The average molecular weight is 493 g/mol. The summed E-state index contributed by atoms with van der Waals surface area (Å²) in [5.41, 5.74) is 3.72. The van der Waals surface area contributed by atoms with Crippen molar-refractivity contribution < 1.29 is 13.2 Å². The summed E-state index contributed by atoms with van der Waals surface area (Å²) in [7, 11) is -3.30. The van der Waals surface area contributed by atoms with Crippen molar-refractivity contribution in [1.82, 2.24) is 9.97 Å². The van der Waals surface area contributed by atoms with Gasteiger partial charge in [-0.05, 0) is 73.5 Å². The zero-order valence-electron chi connectivity index (χ0n) is 18.1. The summed E-state index contributed by atoms with van der Waals surface area (Å²) < 4.78 is 26.1. The quantitative estimate of drug-likeness (QED) is 0.426. The van der Waals surface area contributed by atoms with Crippen molar-refractivity contribution in [2.24, 2.45) is 0 Å². The number of carbonyl (C=O) groups is 1. The minimum atomic E-state index is -3.30. The van der Waals surface area contributed by atoms with Crippen LogP contribution in [0.5, 0.6) is 0 Å². The van der Waals surface area contributed by atoms with E-state index in [1.54, 1.807) is 54.9 Å². The van der Waals surface area contributed by atoms with Gasteiger partial charge in [0, 0.05) is 41.1 Å². The van der Waals surface area contributed by atoms with E-state index in [1.807, 2.05) is 18.2 Å². The van der Waals surface area contributed by atoms with Crippen molar-refractivity contribution >= 4 is 49.8 Å². The molecule has 2 aromatic carbocycles. The smallest absolute Gasteiger partial charge is 0.255 e. The van der Waals surface area contributed by atoms with Gasteiger partial charge in [-0.3, -0.25) is 19.1 Å². The highest BCUT2D eigenvalue weighted by Gasteiger charge is 2.26. The Kier molecular flexibility index (Phi) is 5.93. The molecule has 172 valence electrons. The fourth-order valence-electron chi connectivity index (χ4n) is 4.06. The van der Waals surface area contributed by atoms with E-state index in [4.69, 9.17) is 11.6 Å². The lowest BCUT2D eigenvalue weighted by molar-refractivity contribution is 0.102. The molecular formula is C25H21ClN4O3S. The van der Waals surface area contributed by atoms with Crippen LogP contribution in [-0.4, -0.2) is 36.6 Å². The van der Waals surface area contributed by atoms with Crippen molar-refractivity contribution in [3.05, 3.63) is 83.6 Å². The number of pyridine rings is 2. The molecule has 0 bridgehead atoms.